The minimum absolute atomic E-state index is 0.00657. The second kappa shape index (κ2) is 3.36. The van der Waals surface area contributed by atoms with Crippen molar-refractivity contribution in [3.8, 4) is 0 Å². The zero-order chi connectivity index (χ0) is 9.14. The summed E-state index contributed by atoms with van der Waals surface area (Å²) in [5.74, 6) is -1.09. The van der Waals surface area contributed by atoms with E-state index in [9.17, 15) is 4.79 Å². The monoisotopic (exact) mass is 169 g/mol. The summed E-state index contributed by atoms with van der Waals surface area (Å²) in [4.78, 5) is 16.7. The van der Waals surface area contributed by atoms with Crippen LogP contribution in [-0.2, 0) is 6.42 Å². The zero-order valence-electron chi connectivity index (χ0n) is 6.74. The van der Waals surface area contributed by atoms with Gasteiger partial charge in [-0.05, 0) is 6.92 Å². The molecule has 5 nitrogen and oxygen atoms in total. The summed E-state index contributed by atoms with van der Waals surface area (Å²) in [6, 6.07) is 0.00657. The fourth-order valence-electron chi connectivity index (χ4n) is 0.918. The summed E-state index contributed by atoms with van der Waals surface area (Å²) < 4.78 is 0. The fourth-order valence-corrected chi connectivity index (χ4v) is 0.918. The predicted molar refractivity (Wildman–Crippen MR) is 42.9 cm³/mol. The second-order valence-electron chi connectivity index (χ2n) is 2.74. The van der Waals surface area contributed by atoms with Gasteiger partial charge < -0.3 is 15.8 Å². The molecule has 0 aliphatic rings. The first-order valence-electron chi connectivity index (χ1n) is 3.62. The Morgan fingerprint density at radius 3 is 3.00 bits per heavy atom. The molecule has 0 amide bonds. The van der Waals surface area contributed by atoms with Crippen molar-refractivity contribution in [2.75, 3.05) is 0 Å². The van der Waals surface area contributed by atoms with Crippen LogP contribution in [0.25, 0.3) is 0 Å². The van der Waals surface area contributed by atoms with Crippen LogP contribution in [0.3, 0.4) is 0 Å². The van der Waals surface area contributed by atoms with Crippen molar-refractivity contribution in [2.24, 2.45) is 5.73 Å². The second-order valence-corrected chi connectivity index (χ2v) is 2.74. The molecule has 0 fully saturated rings. The van der Waals surface area contributed by atoms with E-state index in [-0.39, 0.29) is 11.9 Å². The highest BCUT2D eigenvalue weighted by molar-refractivity contribution is 5.83. The molecule has 0 aliphatic carbocycles. The number of carboxylic acid groups (broad SMARTS) is 1. The summed E-state index contributed by atoms with van der Waals surface area (Å²) in [6.45, 7) is 1.85. The number of rotatable bonds is 3. The van der Waals surface area contributed by atoms with Gasteiger partial charge in [0.15, 0.2) is 0 Å². The van der Waals surface area contributed by atoms with Crippen LogP contribution in [0.5, 0.6) is 0 Å². The Labute approximate surface area is 69.6 Å². The van der Waals surface area contributed by atoms with E-state index in [0.29, 0.717) is 6.42 Å². The van der Waals surface area contributed by atoms with Crippen LogP contribution < -0.4 is 5.73 Å². The summed E-state index contributed by atoms with van der Waals surface area (Å²) in [7, 11) is 0. The topological polar surface area (TPSA) is 92.0 Å². The van der Waals surface area contributed by atoms with Crippen LogP contribution in [0.4, 0.5) is 0 Å². The van der Waals surface area contributed by atoms with Gasteiger partial charge >= 0.3 is 5.97 Å². The molecule has 4 N–H and O–H groups in total. The highest BCUT2D eigenvalue weighted by Crippen LogP contribution is 1.99. The largest absolute Gasteiger partial charge is 0.475 e. The molecule has 5 heteroatoms. The highest BCUT2D eigenvalue weighted by Gasteiger charge is 2.08. The van der Waals surface area contributed by atoms with Gasteiger partial charge in [-0.2, -0.15) is 0 Å². The Bertz CT molecular complexity index is 280. The number of nitrogens with two attached hydrogens (primary N) is 1. The summed E-state index contributed by atoms with van der Waals surface area (Å²) in [5.41, 5.74) is 6.27. The van der Waals surface area contributed by atoms with Crippen molar-refractivity contribution in [3.05, 3.63) is 17.7 Å². The maximum absolute atomic E-state index is 10.4. The predicted octanol–water partition coefficient (Wildman–Crippen LogP) is -0.00240. The van der Waals surface area contributed by atoms with E-state index in [4.69, 9.17) is 10.8 Å². The standard InChI is InChI=1S/C7H11N3O2/c1-4(8)2-5-3-9-6(10-5)7(11)12/h3-4H,2,8H2,1H3,(H,9,10)(H,11,12)/t4-/m1/s1. The molecule has 1 rings (SSSR count). The summed E-state index contributed by atoms with van der Waals surface area (Å²) in [5, 5.41) is 8.51. The van der Waals surface area contributed by atoms with E-state index < -0.39 is 5.97 Å². The lowest BCUT2D eigenvalue weighted by Crippen LogP contribution is -2.18. The quantitative estimate of drug-likeness (QED) is 0.593. The van der Waals surface area contributed by atoms with Crippen molar-refractivity contribution in [3.63, 3.8) is 0 Å². The molecule has 1 aromatic heterocycles. The first-order valence-corrected chi connectivity index (χ1v) is 3.62. The number of H-pyrrole nitrogens is 1. The SMILES string of the molecule is C[C@@H](N)Cc1cnc(C(=O)O)[nH]1. The van der Waals surface area contributed by atoms with Gasteiger partial charge in [-0.15, -0.1) is 0 Å². The van der Waals surface area contributed by atoms with Crippen molar-refractivity contribution in [1.29, 1.82) is 0 Å². The molecule has 0 saturated heterocycles. The molecule has 1 aromatic rings. The van der Waals surface area contributed by atoms with Gasteiger partial charge in [0.2, 0.25) is 5.82 Å². The third kappa shape index (κ3) is 2.06. The number of hydrogen-bond donors (Lipinski definition) is 3. The van der Waals surface area contributed by atoms with E-state index in [1.165, 1.54) is 6.20 Å². The lowest BCUT2D eigenvalue weighted by molar-refractivity contribution is 0.0684. The number of hydrogen-bond acceptors (Lipinski definition) is 3. The normalized spacial score (nSPS) is 12.8. The van der Waals surface area contributed by atoms with Crippen molar-refractivity contribution < 1.29 is 9.90 Å². The van der Waals surface area contributed by atoms with Crippen LogP contribution in [0.1, 0.15) is 23.2 Å². The smallest absolute Gasteiger partial charge is 0.371 e. The van der Waals surface area contributed by atoms with E-state index in [1.54, 1.807) is 0 Å². The molecular weight excluding hydrogens is 158 g/mol. The summed E-state index contributed by atoms with van der Waals surface area (Å²) in [6.07, 6.45) is 2.10. The molecule has 0 aromatic carbocycles. The Hall–Kier alpha value is -1.36. The molecule has 0 saturated carbocycles. The number of nitrogens with one attached hydrogen (secondary N) is 1. The lowest BCUT2D eigenvalue weighted by Gasteiger charge is -1.99. The molecule has 0 aliphatic heterocycles. The maximum Gasteiger partial charge on any atom is 0.371 e. The summed E-state index contributed by atoms with van der Waals surface area (Å²) >= 11 is 0. The Kier molecular flexibility index (Phi) is 2.44. The van der Waals surface area contributed by atoms with Gasteiger partial charge in [0, 0.05) is 24.4 Å². The molecule has 0 unspecified atom stereocenters. The van der Waals surface area contributed by atoms with Crippen LogP contribution in [0.2, 0.25) is 0 Å². The van der Waals surface area contributed by atoms with Gasteiger partial charge in [-0.3, -0.25) is 0 Å². The fraction of sp³-hybridized carbons (Fsp3) is 0.429. The third-order valence-corrected chi connectivity index (χ3v) is 1.37. The molecular formula is C7H11N3O2. The van der Waals surface area contributed by atoms with Crippen LogP contribution in [-0.4, -0.2) is 27.1 Å². The Morgan fingerprint density at radius 2 is 2.58 bits per heavy atom. The van der Waals surface area contributed by atoms with Crippen molar-refractivity contribution >= 4 is 5.97 Å². The average molecular weight is 169 g/mol. The van der Waals surface area contributed by atoms with Gasteiger partial charge in [0.1, 0.15) is 0 Å². The van der Waals surface area contributed by atoms with E-state index in [2.05, 4.69) is 9.97 Å². The van der Waals surface area contributed by atoms with E-state index in [0.717, 1.165) is 5.69 Å². The van der Waals surface area contributed by atoms with E-state index in [1.807, 2.05) is 6.92 Å². The molecule has 66 valence electrons. The molecule has 0 radical (unpaired) electrons. The number of aromatic amines is 1. The number of aromatic carboxylic acids is 1. The molecule has 12 heavy (non-hydrogen) atoms. The van der Waals surface area contributed by atoms with Crippen LogP contribution >= 0.6 is 0 Å². The first kappa shape index (κ1) is 8.73. The lowest BCUT2D eigenvalue weighted by atomic mass is 10.2. The van der Waals surface area contributed by atoms with Gasteiger partial charge in [0.05, 0.1) is 0 Å². The van der Waals surface area contributed by atoms with Gasteiger partial charge in [-0.25, -0.2) is 9.78 Å². The van der Waals surface area contributed by atoms with Crippen molar-refractivity contribution in [1.82, 2.24) is 9.97 Å². The molecule has 0 spiro atoms. The maximum atomic E-state index is 10.4. The van der Waals surface area contributed by atoms with Crippen molar-refractivity contribution in [2.45, 2.75) is 19.4 Å². The number of aromatic nitrogens is 2. The minimum atomic E-state index is -1.05. The van der Waals surface area contributed by atoms with E-state index >= 15 is 0 Å². The van der Waals surface area contributed by atoms with Crippen LogP contribution in [0.15, 0.2) is 6.20 Å². The van der Waals surface area contributed by atoms with Crippen LogP contribution in [0, 0.1) is 0 Å². The third-order valence-electron chi connectivity index (χ3n) is 1.37. The zero-order valence-corrected chi connectivity index (χ0v) is 6.74. The average Bonchev–Trinajstić information content (AvgIpc) is 2.34. The van der Waals surface area contributed by atoms with Gasteiger partial charge in [-0.1, -0.05) is 0 Å². The number of nitrogens with zero attached hydrogens (tertiary/aromatic N) is 1. The number of carbonyl (C=O) groups is 1. The molecule has 0 bridgehead atoms. The molecule has 1 heterocycles. The Morgan fingerprint density at radius 1 is 1.92 bits per heavy atom. The Balaban J connectivity index is 2.71. The number of carboxylic acids is 1. The highest BCUT2D eigenvalue weighted by atomic mass is 16.4. The minimum Gasteiger partial charge on any atom is -0.475 e. The molecule has 1 atom stereocenters. The first-order chi connectivity index (χ1) is 5.59. The number of imidazole rings is 1. The van der Waals surface area contributed by atoms with Gasteiger partial charge in [0.25, 0.3) is 0 Å².